The molecule has 5 atom stereocenters. The maximum Gasteiger partial charge on any atom is 0.328 e. The van der Waals surface area contributed by atoms with Crippen molar-refractivity contribution in [3.63, 3.8) is 0 Å². The predicted molar refractivity (Wildman–Crippen MR) is 114 cm³/mol. The lowest BCUT2D eigenvalue weighted by atomic mass is 10.1. The SMILES string of the molecule is CSCCC(N)C(=O)NC(CC(N)=O)C(=O)NC(CS)C(=O)NC(C(=O)O)C(C)O. The summed E-state index contributed by atoms with van der Waals surface area (Å²) in [5, 5.41) is 25.2. The van der Waals surface area contributed by atoms with Crippen molar-refractivity contribution in [2.75, 3.05) is 17.8 Å². The van der Waals surface area contributed by atoms with Gasteiger partial charge in [0.2, 0.25) is 23.6 Å². The molecule has 0 aliphatic heterocycles. The van der Waals surface area contributed by atoms with Gasteiger partial charge in [-0.2, -0.15) is 24.4 Å². The molecule has 4 amide bonds. The van der Waals surface area contributed by atoms with E-state index in [2.05, 4.69) is 28.6 Å². The average molecular weight is 468 g/mol. The Bertz CT molecular complexity index is 635. The Balaban J connectivity index is 5.21. The fraction of sp³-hybridized carbons (Fsp3) is 0.688. The maximum atomic E-state index is 12.5. The third-order valence-electron chi connectivity index (χ3n) is 3.87. The van der Waals surface area contributed by atoms with E-state index in [0.717, 1.165) is 0 Å². The zero-order valence-corrected chi connectivity index (χ0v) is 18.4. The number of hydrogen-bond acceptors (Lipinski definition) is 9. The van der Waals surface area contributed by atoms with Crippen molar-refractivity contribution >= 4 is 54.0 Å². The van der Waals surface area contributed by atoms with E-state index in [-0.39, 0.29) is 5.75 Å². The maximum absolute atomic E-state index is 12.5. The number of carbonyl (C=O) groups is 5. The highest BCUT2D eigenvalue weighted by Crippen LogP contribution is 2.02. The number of carboxylic acids is 1. The molecule has 0 radical (unpaired) electrons. The van der Waals surface area contributed by atoms with E-state index in [1.54, 1.807) is 0 Å². The van der Waals surface area contributed by atoms with Crippen LogP contribution in [-0.4, -0.2) is 87.8 Å². The zero-order chi connectivity index (χ0) is 23.4. The number of aliphatic hydroxyl groups excluding tert-OH is 1. The Kier molecular flexibility index (Phi) is 13.1. The quantitative estimate of drug-likeness (QED) is 0.120. The number of primary amides is 1. The van der Waals surface area contributed by atoms with Crippen molar-refractivity contribution < 1.29 is 34.2 Å². The molecular formula is C16H29N5O7S2. The van der Waals surface area contributed by atoms with E-state index in [1.807, 2.05) is 6.26 Å². The topological polar surface area (TPSA) is 214 Å². The number of rotatable bonds is 14. The van der Waals surface area contributed by atoms with Gasteiger partial charge in [0.25, 0.3) is 0 Å². The number of amides is 4. The monoisotopic (exact) mass is 467 g/mol. The van der Waals surface area contributed by atoms with Gasteiger partial charge in [0, 0.05) is 5.75 Å². The molecule has 0 aromatic carbocycles. The van der Waals surface area contributed by atoms with E-state index in [0.29, 0.717) is 12.2 Å². The predicted octanol–water partition coefficient (Wildman–Crippen LogP) is -3.21. The van der Waals surface area contributed by atoms with Crippen LogP contribution in [-0.2, 0) is 24.0 Å². The van der Waals surface area contributed by atoms with Gasteiger partial charge < -0.3 is 37.6 Å². The summed E-state index contributed by atoms with van der Waals surface area (Å²) in [6.07, 6.45) is 0.241. The van der Waals surface area contributed by atoms with E-state index in [4.69, 9.17) is 16.6 Å². The summed E-state index contributed by atoms with van der Waals surface area (Å²) in [6.45, 7) is 1.17. The number of aliphatic carboxylic acids is 1. The van der Waals surface area contributed by atoms with Gasteiger partial charge in [0.15, 0.2) is 6.04 Å². The van der Waals surface area contributed by atoms with Crippen LogP contribution in [0.5, 0.6) is 0 Å². The lowest BCUT2D eigenvalue weighted by molar-refractivity contribution is -0.145. The first-order valence-corrected chi connectivity index (χ1v) is 10.9. The number of thioether (sulfide) groups is 1. The zero-order valence-electron chi connectivity index (χ0n) is 16.7. The molecule has 172 valence electrons. The van der Waals surface area contributed by atoms with E-state index >= 15 is 0 Å². The minimum atomic E-state index is -1.60. The summed E-state index contributed by atoms with van der Waals surface area (Å²) in [4.78, 5) is 59.4. The third-order valence-corrected chi connectivity index (χ3v) is 4.88. The van der Waals surface area contributed by atoms with Gasteiger partial charge in [-0.25, -0.2) is 4.79 Å². The molecule has 0 aliphatic carbocycles. The van der Waals surface area contributed by atoms with Crippen molar-refractivity contribution in [2.45, 2.75) is 50.0 Å². The standard InChI is InChI=1S/C16H29N5O7S2/c1-7(22)12(16(27)28)21-15(26)10(6-29)20-14(25)9(5-11(18)23)19-13(24)8(17)3-4-30-2/h7-10,12,22,29H,3-6,17H2,1-2H3,(H2,18,23)(H,19,24)(H,20,25)(H,21,26)(H,27,28). The second kappa shape index (κ2) is 14.1. The summed E-state index contributed by atoms with van der Waals surface area (Å²) < 4.78 is 0. The molecule has 30 heavy (non-hydrogen) atoms. The summed E-state index contributed by atoms with van der Waals surface area (Å²) in [5.74, 6) is -4.46. The minimum Gasteiger partial charge on any atom is -0.480 e. The second-order valence-corrected chi connectivity index (χ2v) is 7.78. The normalized spacial score (nSPS) is 15.8. The minimum absolute atomic E-state index is 0.228. The molecule has 0 saturated heterocycles. The van der Waals surface area contributed by atoms with Gasteiger partial charge in [-0.1, -0.05) is 0 Å². The van der Waals surface area contributed by atoms with Crippen LogP contribution in [0, 0.1) is 0 Å². The van der Waals surface area contributed by atoms with Crippen LogP contribution < -0.4 is 27.4 Å². The van der Waals surface area contributed by atoms with Crippen molar-refractivity contribution in [3.8, 4) is 0 Å². The van der Waals surface area contributed by atoms with Gasteiger partial charge >= 0.3 is 5.97 Å². The largest absolute Gasteiger partial charge is 0.480 e. The molecule has 0 spiro atoms. The highest BCUT2D eigenvalue weighted by molar-refractivity contribution is 7.98. The van der Waals surface area contributed by atoms with E-state index < -0.39 is 66.3 Å². The molecule has 9 N–H and O–H groups in total. The summed E-state index contributed by atoms with van der Waals surface area (Å²) >= 11 is 5.43. The van der Waals surface area contributed by atoms with Gasteiger partial charge in [-0.3, -0.25) is 19.2 Å². The van der Waals surface area contributed by atoms with Gasteiger partial charge in [0.05, 0.1) is 18.6 Å². The molecule has 0 aromatic heterocycles. The van der Waals surface area contributed by atoms with Crippen LogP contribution in [0.15, 0.2) is 0 Å². The molecule has 0 rings (SSSR count). The third kappa shape index (κ3) is 10.1. The molecule has 0 heterocycles. The fourth-order valence-corrected chi connectivity index (χ4v) is 2.92. The second-order valence-electron chi connectivity index (χ2n) is 6.43. The van der Waals surface area contributed by atoms with Crippen molar-refractivity contribution in [1.82, 2.24) is 16.0 Å². The lowest BCUT2D eigenvalue weighted by Crippen LogP contribution is -2.59. The molecular weight excluding hydrogens is 438 g/mol. The number of carboxylic acid groups (broad SMARTS) is 1. The Hall–Kier alpha value is -2.03. The van der Waals surface area contributed by atoms with Crippen LogP contribution in [0.25, 0.3) is 0 Å². The summed E-state index contributed by atoms with van der Waals surface area (Å²) in [7, 11) is 0. The van der Waals surface area contributed by atoms with E-state index in [9.17, 15) is 29.1 Å². The first kappa shape index (κ1) is 28.0. The average Bonchev–Trinajstić information content (AvgIpc) is 2.66. The molecule has 0 bridgehead atoms. The van der Waals surface area contributed by atoms with Crippen molar-refractivity contribution in [2.24, 2.45) is 11.5 Å². The van der Waals surface area contributed by atoms with Gasteiger partial charge in [-0.15, -0.1) is 0 Å². The number of carbonyl (C=O) groups excluding carboxylic acids is 4. The number of nitrogens with one attached hydrogen (secondary N) is 3. The lowest BCUT2D eigenvalue weighted by Gasteiger charge is -2.24. The summed E-state index contributed by atoms with van der Waals surface area (Å²) in [6, 6.07) is -5.21. The van der Waals surface area contributed by atoms with E-state index in [1.165, 1.54) is 18.7 Å². The fourth-order valence-electron chi connectivity index (χ4n) is 2.17. The van der Waals surface area contributed by atoms with Crippen molar-refractivity contribution in [1.29, 1.82) is 0 Å². The number of aliphatic hydroxyl groups is 1. The van der Waals surface area contributed by atoms with Gasteiger partial charge in [-0.05, 0) is 25.4 Å². The molecule has 5 unspecified atom stereocenters. The number of nitrogens with two attached hydrogens (primary N) is 2. The van der Waals surface area contributed by atoms with Crippen LogP contribution in [0.1, 0.15) is 19.8 Å². The summed E-state index contributed by atoms with van der Waals surface area (Å²) in [5.41, 5.74) is 10.9. The number of hydrogen-bond donors (Lipinski definition) is 8. The highest BCUT2D eigenvalue weighted by atomic mass is 32.2. The Morgan fingerprint density at radius 3 is 2.00 bits per heavy atom. The molecule has 0 fully saturated rings. The van der Waals surface area contributed by atoms with Crippen LogP contribution in [0.3, 0.4) is 0 Å². The molecule has 12 nitrogen and oxygen atoms in total. The highest BCUT2D eigenvalue weighted by Gasteiger charge is 2.31. The Morgan fingerprint density at radius 1 is 1.03 bits per heavy atom. The number of thiol groups is 1. The van der Waals surface area contributed by atoms with Crippen LogP contribution >= 0.6 is 24.4 Å². The first-order chi connectivity index (χ1) is 13.9. The van der Waals surface area contributed by atoms with Crippen molar-refractivity contribution in [3.05, 3.63) is 0 Å². The van der Waals surface area contributed by atoms with Crippen LogP contribution in [0.2, 0.25) is 0 Å². The van der Waals surface area contributed by atoms with Crippen LogP contribution in [0.4, 0.5) is 0 Å². The first-order valence-electron chi connectivity index (χ1n) is 8.90. The molecule has 0 aliphatic rings. The van der Waals surface area contributed by atoms with Gasteiger partial charge in [0.1, 0.15) is 12.1 Å². The smallest absolute Gasteiger partial charge is 0.328 e. The Labute approximate surface area is 183 Å². The molecule has 14 heteroatoms. The molecule has 0 aromatic rings. The Morgan fingerprint density at radius 2 is 1.57 bits per heavy atom. The molecule has 0 saturated carbocycles.